The van der Waals surface area contributed by atoms with Gasteiger partial charge in [0.05, 0.1) is 9.98 Å². The van der Waals surface area contributed by atoms with Crippen LogP contribution in [0.15, 0.2) is 22.1 Å². The number of benzene rings is 1. The zero-order chi connectivity index (χ0) is 14.0. The zero-order valence-corrected chi connectivity index (χ0v) is 11.6. The van der Waals surface area contributed by atoms with E-state index in [9.17, 15) is 13.6 Å². The molecule has 9 heteroatoms. The highest BCUT2D eigenvalue weighted by Crippen LogP contribution is 2.24. The largest absolute Gasteiger partial charge is 0.319 e. The second-order valence-corrected chi connectivity index (χ2v) is 5.79. The minimum Gasteiger partial charge on any atom is -0.319 e. The van der Waals surface area contributed by atoms with Crippen molar-refractivity contribution in [2.24, 2.45) is 5.84 Å². The fraction of sp³-hybridized carbons (Fsp3) is 0. The lowest BCUT2D eigenvalue weighted by molar-refractivity contribution is 0.102. The molecule has 0 aliphatic rings. The Morgan fingerprint density at radius 2 is 2.00 bits per heavy atom. The van der Waals surface area contributed by atoms with E-state index in [1.54, 1.807) is 0 Å². The normalized spacial score (nSPS) is 10.3. The van der Waals surface area contributed by atoms with Gasteiger partial charge in [-0.2, -0.15) is 0 Å². The Bertz CT molecular complexity index is 611. The van der Waals surface area contributed by atoms with Crippen LogP contribution < -0.4 is 16.6 Å². The Kier molecular flexibility index (Phi) is 4.08. The number of amides is 1. The second kappa shape index (κ2) is 5.59. The summed E-state index contributed by atoms with van der Waals surface area (Å²) >= 11 is 4.36. The van der Waals surface area contributed by atoms with Gasteiger partial charge in [0.25, 0.3) is 5.91 Å². The summed E-state index contributed by atoms with van der Waals surface area (Å²) in [5, 5.41) is 2.74. The van der Waals surface area contributed by atoms with Gasteiger partial charge in [-0.25, -0.2) is 13.8 Å². The molecule has 100 valence electrons. The summed E-state index contributed by atoms with van der Waals surface area (Å²) in [6.45, 7) is 0. The van der Waals surface area contributed by atoms with Crippen LogP contribution in [0.2, 0.25) is 0 Å². The van der Waals surface area contributed by atoms with Crippen molar-refractivity contribution < 1.29 is 13.6 Å². The van der Waals surface area contributed by atoms with E-state index >= 15 is 0 Å². The summed E-state index contributed by atoms with van der Waals surface area (Å²) in [5.74, 6) is 2.39. The Labute approximate surface area is 118 Å². The molecule has 0 aliphatic heterocycles. The first-order chi connectivity index (χ1) is 9.01. The summed E-state index contributed by atoms with van der Waals surface area (Å²) in [7, 11) is 0. The van der Waals surface area contributed by atoms with Crippen LogP contribution in [0.3, 0.4) is 0 Å². The molecular weight excluding hydrogens is 342 g/mol. The molecular formula is C10H7BrF2N4OS. The highest BCUT2D eigenvalue weighted by molar-refractivity contribution is 9.11. The first-order valence-electron chi connectivity index (χ1n) is 4.89. The predicted octanol–water partition coefficient (Wildman–Crippen LogP) is 2.72. The third-order valence-electron chi connectivity index (χ3n) is 2.15. The van der Waals surface area contributed by atoms with Crippen molar-refractivity contribution in [3.63, 3.8) is 0 Å². The molecule has 0 spiro atoms. The minimum absolute atomic E-state index is 0.166. The lowest BCUT2D eigenvalue weighted by Crippen LogP contribution is -2.15. The standard InChI is InChI=1S/C10H7BrF2N4OS/c11-7-3-15-10(19-7)16-9(18)4-1-5(12)8(17-14)6(13)2-4/h1-3,17H,14H2,(H,15,16,18). The third-order valence-corrected chi connectivity index (χ3v) is 3.54. The van der Waals surface area contributed by atoms with Gasteiger partial charge >= 0.3 is 0 Å². The molecule has 1 amide bonds. The van der Waals surface area contributed by atoms with Crippen LogP contribution in [0.1, 0.15) is 10.4 Å². The van der Waals surface area contributed by atoms with Gasteiger partial charge in [0.2, 0.25) is 0 Å². The van der Waals surface area contributed by atoms with Crippen molar-refractivity contribution in [2.45, 2.75) is 0 Å². The molecule has 0 radical (unpaired) electrons. The summed E-state index contributed by atoms with van der Waals surface area (Å²) < 4.78 is 27.6. The number of hydrogen-bond donors (Lipinski definition) is 3. The Balaban J connectivity index is 2.24. The molecule has 19 heavy (non-hydrogen) atoms. The maximum atomic E-state index is 13.4. The first kappa shape index (κ1) is 13.8. The monoisotopic (exact) mass is 348 g/mol. The maximum Gasteiger partial charge on any atom is 0.257 e. The Morgan fingerprint density at radius 1 is 1.37 bits per heavy atom. The molecule has 0 bridgehead atoms. The number of hydrogen-bond acceptors (Lipinski definition) is 5. The quantitative estimate of drug-likeness (QED) is 0.588. The van der Waals surface area contributed by atoms with E-state index in [-0.39, 0.29) is 5.56 Å². The van der Waals surface area contributed by atoms with Crippen LogP contribution in [0.25, 0.3) is 0 Å². The number of rotatable bonds is 3. The second-order valence-electron chi connectivity index (χ2n) is 3.38. The van der Waals surface area contributed by atoms with Crippen molar-refractivity contribution in [1.29, 1.82) is 0 Å². The lowest BCUT2D eigenvalue weighted by atomic mass is 10.1. The SMILES string of the molecule is NNc1c(F)cc(C(=O)Nc2ncc(Br)s2)cc1F. The number of nitrogens with one attached hydrogen (secondary N) is 2. The summed E-state index contributed by atoms with van der Waals surface area (Å²) in [6.07, 6.45) is 1.50. The average Bonchev–Trinajstić information content (AvgIpc) is 2.74. The van der Waals surface area contributed by atoms with E-state index < -0.39 is 23.2 Å². The van der Waals surface area contributed by atoms with E-state index in [0.717, 1.165) is 15.9 Å². The van der Waals surface area contributed by atoms with E-state index in [1.165, 1.54) is 17.5 Å². The van der Waals surface area contributed by atoms with Crippen LogP contribution in [0.5, 0.6) is 0 Å². The van der Waals surface area contributed by atoms with Gasteiger partial charge < -0.3 is 5.43 Å². The van der Waals surface area contributed by atoms with Crippen molar-refractivity contribution in [3.05, 3.63) is 39.3 Å². The number of nitrogens with zero attached hydrogens (tertiary/aromatic N) is 1. The fourth-order valence-electron chi connectivity index (χ4n) is 1.32. The molecule has 2 rings (SSSR count). The van der Waals surface area contributed by atoms with E-state index in [4.69, 9.17) is 5.84 Å². The average molecular weight is 349 g/mol. The molecule has 1 aromatic heterocycles. The van der Waals surface area contributed by atoms with Gasteiger partial charge in [-0.05, 0) is 28.1 Å². The summed E-state index contributed by atoms with van der Waals surface area (Å²) in [6, 6.07) is 1.77. The molecule has 0 aliphatic carbocycles. The number of hydrazine groups is 1. The van der Waals surface area contributed by atoms with Gasteiger partial charge in [-0.15, -0.1) is 0 Å². The van der Waals surface area contributed by atoms with E-state index in [1.807, 2.05) is 5.43 Å². The summed E-state index contributed by atoms with van der Waals surface area (Å²) in [5.41, 5.74) is 1.23. The topological polar surface area (TPSA) is 80.0 Å². The molecule has 0 saturated heterocycles. The molecule has 4 N–H and O–H groups in total. The number of carbonyl (C=O) groups excluding carboxylic acids is 1. The number of nitrogen functional groups attached to an aromatic ring is 1. The van der Waals surface area contributed by atoms with Gasteiger partial charge in [0, 0.05) is 5.56 Å². The molecule has 0 unspecified atom stereocenters. The van der Waals surface area contributed by atoms with Gasteiger partial charge in [0.1, 0.15) is 5.69 Å². The maximum absolute atomic E-state index is 13.4. The number of anilines is 2. The molecule has 2 aromatic rings. The van der Waals surface area contributed by atoms with Gasteiger partial charge in [-0.3, -0.25) is 16.0 Å². The zero-order valence-electron chi connectivity index (χ0n) is 9.21. The predicted molar refractivity (Wildman–Crippen MR) is 71.9 cm³/mol. The van der Waals surface area contributed by atoms with Crippen molar-refractivity contribution in [3.8, 4) is 0 Å². The van der Waals surface area contributed by atoms with Crippen molar-refractivity contribution in [1.82, 2.24) is 4.98 Å². The van der Waals surface area contributed by atoms with Gasteiger partial charge in [0.15, 0.2) is 16.8 Å². The highest BCUT2D eigenvalue weighted by Gasteiger charge is 2.15. The Hall–Kier alpha value is -1.58. The molecule has 5 nitrogen and oxygen atoms in total. The van der Waals surface area contributed by atoms with Gasteiger partial charge in [-0.1, -0.05) is 11.3 Å². The number of aromatic nitrogens is 1. The minimum atomic E-state index is -0.951. The van der Waals surface area contributed by atoms with Crippen LogP contribution in [0, 0.1) is 11.6 Å². The Morgan fingerprint density at radius 3 is 2.47 bits per heavy atom. The summed E-state index contributed by atoms with van der Waals surface area (Å²) in [4.78, 5) is 15.7. The smallest absolute Gasteiger partial charge is 0.257 e. The fourth-order valence-corrected chi connectivity index (χ4v) is 2.43. The van der Waals surface area contributed by atoms with E-state index in [0.29, 0.717) is 5.13 Å². The van der Waals surface area contributed by atoms with Crippen molar-refractivity contribution in [2.75, 3.05) is 10.7 Å². The molecule has 0 saturated carbocycles. The molecule has 0 fully saturated rings. The van der Waals surface area contributed by atoms with Crippen LogP contribution >= 0.6 is 27.3 Å². The lowest BCUT2D eigenvalue weighted by Gasteiger charge is -2.07. The highest BCUT2D eigenvalue weighted by atomic mass is 79.9. The molecule has 0 atom stereocenters. The number of carbonyl (C=O) groups is 1. The molecule has 1 heterocycles. The first-order valence-corrected chi connectivity index (χ1v) is 6.50. The van der Waals surface area contributed by atoms with E-state index in [2.05, 4.69) is 26.2 Å². The van der Waals surface area contributed by atoms with Crippen LogP contribution in [-0.4, -0.2) is 10.9 Å². The number of nitrogens with two attached hydrogens (primary N) is 1. The number of halogens is 3. The molecule has 1 aromatic carbocycles. The van der Waals surface area contributed by atoms with Crippen LogP contribution in [0.4, 0.5) is 19.6 Å². The third kappa shape index (κ3) is 3.06. The number of thiazole rings is 1. The van der Waals surface area contributed by atoms with Crippen LogP contribution in [-0.2, 0) is 0 Å². The van der Waals surface area contributed by atoms with Crippen molar-refractivity contribution >= 4 is 44.0 Å².